The van der Waals surface area contributed by atoms with Crippen LogP contribution in [-0.4, -0.2) is 9.97 Å². The summed E-state index contributed by atoms with van der Waals surface area (Å²) >= 11 is 1.73. The van der Waals surface area contributed by atoms with Crippen LogP contribution in [0.1, 0.15) is 28.5 Å². The third-order valence-corrected chi connectivity index (χ3v) is 6.12. The van der Waals surface area contributed by atoms with E-state index in [0.29, 0.717) is 0 Å². The molecule has 4 aromatic rings. The van der Waals surface area contributed by atoms with E-state index in [4.69, 9.17) is 0 Å². The lowest BCUT2D eigenvalue weighted by Crippen LogP contribution is -1.98. The molecule has 4 rings (SSSR count). The Hall–Kier alpha value is -2.72. The normalized spacial score (nSPS) is 11.1. The average molecular weight is 374 g/mol. The fourth-order valence-corrected chi connectivity index (χ4v) is 4.47. The number of hydrogen-bond acceptors (Lipinski definition) is 4. The maximum Gasteiger partial charge on any atom is 0.143 e. The van der Waals surface area contributed by atoms with Crippen LogP contribution in [0.5, 0.6) is 0 Å². The first-order valence-electron chi connectivity index (χ1n) is 9.25. The highest BCUT2D eigenvalue weighted by atomic mass is 32.1. The molecule has 0 aliphatic heterocycles. The second-order valence-electron chi connectivity index (χ2n) is 6.87. The molecule has 3 nitrogen and oxygen atoms in total. The smallest absolute Gasteiger partial charge is 0.143 e. The quantitative estimate of drug-likeness (QED) is 0.438. The third-order valence-electron chi connectivity index (χ3n) is 5.11. The number of aromatic nitrogens is 2. The van der Waals surface area contributed by atoms with E-state index in [0.717, 1.165) is 28.1 Å². The van der Waals surface area contributed by atoms with Crippen LogP contribution in [0, 0.1) is 20.8 Å². The van der Waals surface area contributed by atoms with Crippen LogP contribution in [0.2, 0.25) is 0 Å². The first-order chi connectivity index (χ1) is 13.1. The van der Waals surface area contributed by atoms with Crippen molar-refractivity contribution in [1.29, 1.82) is 0 Å². The Balaban J connectivity index is 1.91. The summed E-state index contributed by atoms with van der Waals surface area (Å²) in [7, 11) is 0. The van der Waals surface area contributed by atoms with E-state index in [1.165, 1.54) is 32.7 Å². The van der Waals surface area contributed by atoms with Crippen LogP contribution in [0.3, 0.4) is 0 Å². The van der Waals surface area contributed by atoms with Gasteiger partial charge in [-0.05, 0) is 55.5 Å². The van der Waals surface area contributed by atoms with E-state index in [-0.39, 0.29) is 0 Å². The van der Waals surface area contributed by atoms with Gasteiger partial charge in [0, 0.05) is 16.1 Å². The van der Waals surface area contributed by atoms with Crippen molar-refractivity contribution in [3.63, 3.8) is 0 Å². The Morgan fingerprint density at radius 1 is 0.963 bits per heavy atom. The monoisotopic (exact) mass is 373 g/mol. The van der Waals surface area contributed by atoms with Gasteiger partial charge in [0.2, 0.25) is 0 Å². The van der Waals surface area contributed by atoms with E-state index in [1.807, 2.05) is 0 Å². The number of nitrogens with zero attached hydrogens (tertiary/aromatic N) is 2. The number of hydrogen-bond donors (Lipinski definition) is 1. The van der Waals surface area contributed by atoms with Gasteiger partial charge in [-0.15, -0.1) is 11.3 Å². The number of aryl methyl sites for hydroxylation is 4. The summed E-state index contributed by atoms with van der Waals surface area (Å²) in [5.41, 5.74) is 7.45. The molecule has 0 spiro atoms. The largest absolute Gasteiger partial charge is 0.339 e. The predicted molar refractivity (Wildman–Crippen MR) is 116 cm³/mol. The van der Waals surface area contributed by atoms with E-state index in [9.17, 15) is 0 Å². The van der Waals surface area contributed by atoms with E-state index in [2.05, 4.69) is 85.4 Å². The summed E-state index contributed by atoms with van der Waals surface area (Å²) in [6.07, 6.45) is 2.63. The van der Waals surface area contributed by atoms with Gasteiger partial charge in [-0.25, -0.2) is 9.97 Å². The zero-order chi connectivity index (χ0) is 19.0. The van der Waals surface area contributed by atoms with Gasteiger partial charge in [0.05, 0.1) is 5.39 Å². The molecule has 136 valence electrons. The molecule has 0 aliphatic rings. The van der Waals surface area contributed by atoms with Crippen LogP contribution in [0.4, 0.5) is 11.5 Å². The number of thiophene rings is 1. The first-order valence-corrected chi connectivity index (χ1v) is 10.1. The van der Waals surface area contributed by atoms with Gasteiger partial charge < -0.3 is 5.32 Å². The van der Waals surface area contributed by atoms with E-state index >= 15 is 0 Å². The molecule has 4 heteroatoms. The van der Waals surface area contributed by atoms with E-state index in [1.54, 1.807) is 17.7 Å². The predicted octanol–water partition coefficient (Wildman–Crippen LogP) is 6.59. The van der Waals surface area contributed by atoms with Crippen molar-refractivity contribution in [3.05, 3.63) is 70.4 Å². The molecular weight excluding hydrogens is 350 g/mol. The van der Waals surface area contributed by atoms with Crippen LogP contribution >= 0.6 is 11.3 Å². The Morgan fingerprint density at radius 3 is 2.56 bits per heavy atom. The summed E-state index contributed by atoms with van der Waals surface area (Å²) in [4.78, 5) is 11.4. The fraction of sp³-hybridized carbons (Fsp3) is 0.217. The number of para-hydroxylation sites is 1. The van der Waals surface area contributed by atoms with Crippen LogP contribution in [-0.2, 0) is 6.42 Å². The Morgan fingerprint density at radius 2 is 1.78 bits per heavy atom. The van der Waals surface area contributed by atoms with Crippen LogP contribution in [0.15, 0.2) is 48.8 Å². The molecule has 2 aromatic heterocycles. The minimum absolute atomic E-state index is 0.874. The summed E-state index contributed by atoms with van der Waals surface area (Å²) in [6, 6.07) is 15.1. The summed E-state index contributed by atoms with van der Waals surface area (Å²) in [6.45, 7) is 8.65. The minimum Gasteiger partial charge on any atom is -0.339 e. The molecule has 0 fully saturated rings. The molecule has 0 saturated carbocycles. The molecule has 2 heterocycles. The standard InChI is InChI=1S/C23H23N3S/c1-5-17-8-6-7-9-19(17)26-22-21-20(16(4)27-23(21)25-13-24-22)18-11-10-14(2)15(3)12-18/h6-13H,5H2,1-4H3,(H,24,25,26). The minimum atomic E-state index is 0.874. The van der Waals surface area contributed by atoms with E-state index < -0.39 is 0 Å². The maximum absolute atomic E-state index is 4.60. The molecule has 0 atom stereocenters. The van der Waals surface area contributed by atoms with Crippen molar-refractivity contribution >= 4 is 33.1 Å². The van der Waals surface area contributed by atoms with Crippen molar-refractivity contribution in [1.82, 2.24) is 9.97 Å². The molecule has 0 unspecified atom stereocenters. The Labute approximate surface area is 164 Å². The lowest BCUT2D eigenvalue weighted by atomic mass is 9.99. The summed E-state index contributed by atoms with van der Waals surface area (Å²) in [5, 5.41) is 4.68. The Bertz CT molecular complexity index is 1130. The SMILES string of the molecule is CCc1ccccc1Nc1ncnc2sc(C)c(-c3ccc(C)c(C)c3)c12. The van der Waals surface area contributed by atoms with Gasteiger partial charge in [-0.1, -0.05) is 43.3 Å². The summed E-state index contributed by atoms with van der Waals surface area (Å²) < 4.78 is 0. The zero-order valence-electron chi connectivity index (χ0n) is 16.1. The highest BCUT2D eigenvalue weighted by Gasteiger charge is 2.17. The summed E-state index contributed by atoms with van der Waals surface area (Å²) in [5.74, 6) is 0.874. The molecule has 0 aliphatic carbocycles. The highest BCUT2D eigenvalue weighted by molar-refractivity contribution is 7.19. The number of rotatable bonds is 4. The number of fused-ring (bicyclic) bond motifs is 1. The molecule has 0 radical (unpaired) electrons. The molecule has 27 heavy (non-hydrogen) atoms. The van der Waals surface area contributed by atoms with Crippen molar-refractivity contribution in [2.45, 2.75) is 34.1 Å². The Kier molecular flexibility index (Phi) is 4.66. The fourth-order valence-electron chi connectivity index (χ4n) is 3.46. The van der Waals surface area contributed by atoms with Crippen LogP contribution < -0.4 is 5.32 Å². The number of anilines is 2. The van der Waals surface area contributed by atoms with Gasteiger partial charge in [-0.3, -0.25) is 0 Å². The van der Waals surface area contributed by atoms with Crippen molar-refractivity contribution in [2.24, 2.45) is 0 Å². The van der Waals surface area contributed by atoms with Gasteiger partial charge in [0.1, 0.15) is 17.0 Å². The number of benzene rings is 2. The highest BCUT2D eigenvalue weighted by Crippen LogP contribution is 2.41. The van der Waals surface area contributed by atoms with Crippen LogP contribution in [0.25, 0.3) is 21.3 Å². The zero-order valence-corrected chi connectivity index (χ0v) is 16.9. The average Bonchev–Trinajstić information content (AvgIpc) is 3.01. The van der Waals surface area contributed by atoms with Gasteiger partial charge in [-0.2, -0.15) is 0 Å². The van der Waals surface area contributed by atoms with Crippen molar-refractivity contribution < 1.29 is 0 Å². The van der Waals surface area contributed by atoms with Crippen molar-refractivity contribution in [3.8, 4) is 11.1 Å². The second-order valence-corrected chi connectivity index (χ2v) is 8.07. The van der Waals surface area contributed by atoms with Gasteiger partial charge in [0.25, 0.3) is 0 Å². The third kappa shape index (κ3) is 3.21. The topological polar surface area (TPSA) is 37.8 Å². The molecule has 0 saturated heterocycles. The van der Waals surface area contributed by atoms with Crippen molar-refractivity contribution in [2.75, 3.05) is 5.32 Å². The van der Waals surface area contributed by atoms with Gasteiger partial charge in [0.15, 0.2) is 0 Å². The lowest BCUT2D eigenvalue weighted by Gasteiger charge is -2.12. The first kappa shape index (κ1) is 17.7. The second kappa shape index (κ2) is 7.12. The molecule has 2 aromatic carbocycles. The lowest BCUT2D eigenvalue weighted by molar-refractivity contribution is 1.14. The number of nitrogens with one attached hydrogen (secondary N) is 1. The van der Waals surface area contributed by atoms with Gasteiger partial charge >= 0.3 is 0 Å². The molecule has 0 bridgehead atoms. The molecular formula is C23H23N3S. The molecule has 0 amide bonds. The molecule has 1 N–H and O–H groups in total. The maximum atomic E-state index is 4.60.